The minimum absolute atomic E-state index is 0.0977. The maximum atomic E-state index is 9.99. The average Bonchev–Trinajstić information content (AvgIpc) is 2.42. The average molecular weight is 247 g/mol. The van der Waals surface area contributed by atoms with Gasteiger partial charge in [-0.2, -0.15) is 0 Å². The van der Waals surface area contributed by atoms with Crippen molar-refractivity contribution in [1.82, 2.24) is 5.32 Å². The molecule has 0 amide bonds. The Kier molecular flexibility index (Phi) is 5.21. The van der Waals surface area contributed by atoms with E-state index in [-0.39, 0.29) is 6.10 Å². The smallest absolute Gasteiger partial charge is 0.0580 e. The van der Waals surface area contributed by atoms with E-state index in [1.165, 1.54) is 24.8 Å². The number of hydrogen-bond donors (Lipinski definition) is 2. The fraction of sp³-hybridized carbons (Fsp3) is 0.625. The van der Waals surface area contributed by atoms with Gasteiger partial charge in [-0.1, -0.05) is 50.1 Å². The maximum Gasteiger partial charge on any atom is 0.0580 e. The van der Waals surface area contributed by atoms with Crippen molar-refractivity contribution in [3.63, 3.8) is 0 Å². The molecule has 1 aromatic rings. The van der Waals surface area contributed by atoms with Gasteiger partial charge in [0.25, 0.3) is 0 Å². The summed E-state index contributed by atoms with van der Waals surface area (Å²) in [6.07, 6.45) is 5.60. The molecular weight excluding hydrogens is 222 g/mol. The Morgan fingerprint density at radius 1 is 1.22 bits per heavy atom. The van der Waals surface area contributed by atoms with E-state index >= 15 is 0 Å². The van der Waals surface area contributed by atoms with E-state index in [0.717, 1.165) is 19.4 Å². The SMILES string of the molecule is CCC(NCC1CCCCC1O)c1ccccc1. The van der Waals surface area contributed by atoms with E-state index in [2.05, 4.69) is 42.6 Å². The van der Waals surface area contributed by atoms with E-state index < -0.39 is 0 Å². The van der Waals surface area contributed by atoms with Gasteiger partial charge in [-0.3, -0.25) is 0 Å². The van der Waals surface area contributed by atoms with Gasteiger partial charge in [0.1, 0.15) is 0 Å². The minimum atomic E-state index is -0.0977. The van der Waals surface area contributed by atoms with E-state index in [0.29, 0.717) is 12.0 Å². The van der Waals surface area contributed by atoms with Gasteiger partial charge in [-0.05, 0) is 30.7 Å². The van der Waals surface area contributed by atoms with Crippen LogP contribution in [-0.2, 0) is 0 Å². The van der Waals surface area contributed by atoms with Crippen molar-refractivity contribution in [2.24, 2.45) is 5.92 Å². The lowest BCUT2D eigenvalue weighted by Crippen LogP contribution is -2.35. The van der Waals surface area contributed by atoms with Gasteiger partial charge < -0.3 is 10.4 Å². The Morgan fingerprint density at radius 2 is 1.94 bits per heavy atom. The van der Waals surface area contributed by atoms with Gasteiger partial charge in [-0.15, -0.1) is 0 Å². The molecular formula is C16H25NO. The Morgan fingerprint density at radius 3 is 2.61 bits per heavy atom. The van der Waals surface area contributed by atoms with Gasteiger partial charge in [0, 0.05) is 12.6 Å². The third-order valence-electron chi connectivity index (χ3n) is 4.11. The van der Waals surface area contributed by atoms with E-state index in [9.17, 15) is 5.11 Å². The Balaban J connectivity index is 1.87. The zero-order chi connectivity index (χ0) is 12.8. The van der Waals surface area contributed by atoms with Crippen LogP contribution in [-0.4, -0.2) is 17.8 Å². The normalized spacial score (nSPS) is 25.9. The van der Waals surface area contributed by atoms with Gasteiger partial charge in [0.2, 0.25) is 0 Å². The summed E-state index contributed by atoms with van der Waals surface area (Å²) < 4.78 is 0. The zero-order valence-electron chi connectivity index (χ0n) is 11.3. The lowest BCUT2D eigenvalue weighted by atomic mass is 9.86. The van der Waals surface area contributed by atoms with E-state index in [1.807, 2.05) is 0 Å². The largest absolute Gasteiger partial charge is 0.393 e. The first kappa shape index (κ1) is 13.6. The van der Waals surface area contributed by atoms with Gasteiger partial charge in [0.05, 0.1) is 6.10 Å². The van der Waals surface area contributed by atoms with Crippen LogP contribution in [0.15, 0.2) is 30.3 Å². The van der Waals surface area contributed by atoms with Crippen LogP contribution in [0.2, 0.25) is 0 Å². The quantitative estimate of drug-likeness (QED) is 0.837. The molecule has 0 aromatic heterocycles. The molecule has 1 saturated carbocycles. The van der Waals surface area contributed by atoms with Crippen LogP contribution >= 0.6 is 0 Å². The summed E-state index contributed by atoms with van der Waals surface area (Å²) in [4.78, 5) is 0. The van der Waals surface area contributed by atoms with E-state index in [1.54, 1.807) is 0 Å². The van der Waals surface area contributed by atoms with Crippen LogP contribution < -0.4 is 5.32 Å². The fourth-order valence-corrected chi connectivity index (χ4v) is 2.90. The molecule has 1 aliphatic rings. The van der Waals surface area contributed by atoms with Crippen molar-refractivity contribution in [2.75, 3.05) is 6.54 Å². The molecule has 18 heavy (non-hydrogen) atoms. The van der Waals surface area contributed by atoms with Crippen LogP contribution in [0.5, 0.6) is 0 Å². The summed E-state index contributed by atoms with van der Waals surface area (Å²) in [7, 11) is 0. The molecule has 0 saturated heterocycles. The second kappa shape index (κ2) is 6.91. The fourth-order valence-electron chi connectivity index (χ4n) is 2.90. The summed E-state index contributed by atoms with van der Waals surface area (Å²) in [5, 5.41) is 13.6. The topological polar surface area (TPSA) is 32.3 Å². The monoisotopic (exact) mass is 247 g/mol. The predicted molar refractivity (Wildman–Crippen MR) is 75.4 cm³/mol. The minimum Gasteiger partial charge on any atom is -0.393 e. The van der Waals surface area contributed by atoms with Crippen molar-refractivity contribution in [1.29, 1.82) is 0 Å². The van der Waals surface area contributed by atoms with Crippen LogP contribution in [0.4, 0.5) is 0 Å². The summed E-state index contributed by atoms with van der Waals surface area (Å²) in [5.74, 6) is 0.441. The summed E-state index contributed by atoms with van der Waals surface area (Å²) in [6, 6.07) is 11.0. The number of nitrogens with one attached hydrogen (secondary N) is 1. The number of hydrogen-bond acceptors (Lipinski definition) is 2. The number of aliphatic hydroxyl groups excluding tert-OH is 1. The predicted octanol–water partition coefficient (Wildman–Crippen LogP) is 3.28. The Labute approximate surface area is 110 Å². The number of aliphatic hydroxyl groups is 1. The first-order valence-corrected chi connectivity index (χ1v) is 7.27. The molecule has 2 heteroatoms. The molecule has 0 spiro atoms. The number of rotatable bonds is 5. The molecule has 100 valence electrons. The summed E-state index contributed by atoms with van der Waals surface area (Å²) >= 11 is 0. The van der Waals surface area contributed by atoms with Crippen molar-refractivity contribution in [3.8, 4) is 0 Å². The first-order valence-electron chi connectivity index (χ1n) is 7.27. The molecule has 0 bridgehead atoms. The van der Waals surface area contributed by atoms with Gasteiger partial charge in [0.15, 0.2) is 0 Å². The molecule has 1 aliphatic carbocycles. The second-order valence-corrected chi connectivity index (χ2v) is 5.39. The molecule has 0 radical (unpaired) electrons. The Hall–Kier alpha value is -0.860. The molecule has 3 atom stereocenters. The lowest BCUT2D eigenvalue weighted by Gasteiger charge is -2.29. The molecule has 2 nitrogen and oxygen atoms in total. The van der Waals surface area contributed by atoms with Gasteiger partial charge in [-0.25, -0.2) is 0 Å². The first-order chi connectivity index (χ1) is 8.81. The standard InChI is InChI=1S/C16H25NO/c1-2-15(13-8-4-3-5-9-13)17-12-14-10-6-7-11-16(14)18/h3-5,8-9,14-18H,2,6-7,10-12H2,1H3. The molecule has 0 heterocycles. The van der Waals surface area contributed by atoms with Crippen molar-refractivity contribution < 1.29 is 5.11 Å². The highest BCUT2D eigenvalue weighted by atomic mass is 16.3. The number of benzene rings is 1. The molecule has 1 fully saturated rings. The third kappa shape index (κ3) is 3.56. The Bertz CT molecular complexity index is 338. The van der Waals surface area contributed by atoms with Crippen molar-refractivity contribution in [2.45, 2.75) is 51.2 Å². The highest BCUT2D eigenvalue weighted by Crippen LogP contribution is 2.25. The van der Waals surface area contributed by atoms with Crippen molar-refractivity contribution in [3.05, 3.63) is 35.9 Å². The van der Waals surface area contributed by atoms with E-state index in [4.69, 9.17) is 0 Å². The van der Waals surface area contributed by atoms with Crippen LogP contribution in [0.3, 0.4) is 0 Å². The summed E-state index contributed by atoms with van der Waals surface area (Å²) in [5.41, 5.74) is 1.35. The lowest BCUT2D eigenvalue weighted by molar-refractivity contribution is 0.0680. The molecule has 0 aliphatic heterocycles. The van der Waals surface area contributed by atoms with Crippen molar-refractivity contribution >= 4 is 0 Å². The second-order valence-electron chi connectivity index (χ2n) is 5.39. The zero-order valence-corrected chi connectivity index (χ0v) is 11.3. The summed E-state index contributed by atoms with van der Waals surface area (Å²) in [6.45, 7) is 3.15. The van der Waals surface area contributed by atoms with Crippen LogP contribution in [0, 0.1) is 5.92 Å². The molecule has 2 N–H and O–H groups in total. The maximum absolute atomic E-state index is 9.99. The van der Waals surface area contributed by atoms with Gasteiger partial charge >= 0.3 is 0 Å². The third-order valence-corrected chi connectivity index (χ3v) is 4.11. The molecule has 2 rings (SSSR count). The molecule has 3 unspecified atom stereocenters. The van der Waals surface area contributed by atoms with Crippen LogP contribution in [0.1, 0.15) is 50.6 Å². The highest BCUT2D eigenvalue weighted by molar-refractivity contribution is 5.18. The van der Waals surface area contributed by atoms with Crippen LogP contribution in [0.25, 0.3) is 0 Å². The highest BCUT2D eigenvalue weighted by Gasteiger charge is 2.23. The molecule has 1 aromatic carbocycles.